The standard InChI is InChI=1S/C12H13FO4/c1-4-9(12(14)16-3)17-10-7-5-6-8(13)11(10)15-2/h4-7H,1-3H3/b9-4-. The van der Waals surface area contributed by atoms with E-state index >= 15 is 0 Å². The van der Waals surface area contributed by atoms with E-state index < -0.39 is 11.8 Å². The predicted molar refractivity (Wildman–Crippen MR) is 59.4 cm³/mol. The van der Waals surface area contributed by atoms with E-state index in [1.807, 2.05) is 0 Å². The Labute approximate surface area is 98.6 Å². The molecule has 0 aliphatic rings. The molecule has 17 heavy (non-hydrogen) atoms. The molecule has 0 aromatic heterocycles. The molecule has 0 bridgehead atoms. The average molecular weight is 240 g/mol. The molecule has 1 rings (SSSR count). The van der Waals surface area contributed by atoms with Gasteiger partial charge in [-0.2, -0.15) is 0 Å². The number of halogens is 1. The van der Waals surface area contributed by atoms with Crippen LogP contribution in [-0.2, 0) is 9.53 Å². The summed E-state index contributed by atoms with van der Waals surface area (Å²) in [6.07, 6.45) is 1.43. The molecule has 5 heteroatoms. The number of methoxy groups -OCH3 is 2. The summed E-state index contributed by atoms with van der Waals surface area (Å²) in [5.41, 5.74) is 0. The van der Waals surface area contributed by atoms with E-state index in [9.17, 15) is 9.18 Å². The van der Waals surface area contributed by atoms with Crippen molar-refractivity contribution >= 4 is 5.97 Å². The van der Waals surface area contributed by atoms with Crippen LogP contribution in [0.3, 0.4) is 0 Å². The van der Waals surface area contributed by atoms with Crippen molar-refractivity contribution in [3.63, 3.8) is 0 Å². The average Bonchev–Trinajstić information content (AvgIpc) is 2.35. The van der Waals surface area contributed by atoms with Crippen LogP contribution >= 0.6 is 0 Å². The molecule has 1 aromatic carbocycles. The summed E-state index contributed by atoms with van der Waals surface area (Å²) in [7, 11) is 2.55. The maximum atomic E-state index is 13.3. The topological polar surface area (TPSA) is 44.8 Å². The summed E-state index contributed by atoms with van der Waals surface area (Å²) in [5.74, 6) is -1.18. The van der Waals surface area contributed by atoms with Gasteiger partial charge in [0.15, 0.2) is 17.3 Å². The lowest BCUT2D eigenvalue weighted by Crippen LogP contribution is -2.11. The Bertz CT molecular complexity index is 440. The second-order valence-electron chi connectivity index (χ2n) is 3.02. The predicted octanol–water partition coefficient (Wildman–Crippen LogP) is 2.29. The molecule has 4 nitrogen and oxygen atoms in total. The summed E-state index contributed by atoms with van der Waals surface area (Å²) in [5, 5.41) is 0. The molecule has 0 spiro atoms. The molecule has 92 valence electrons. The number of carbonyl (C=O) groups is 1. The van der Waals surface area contributed by atoms with Gasteiger partial charge in [-0.3, -0.25) is 0 Å². The van der Waals surface area contributed by atoms with Crippen LogP contribution in [0.4, 0.5) is 4.39 Å². The van der Waals surface area contributed by atoms with Crippen molar-refractivity contribution in [3.8, 4) is 11.5 Å². The number of hydrogen-bond acceptors (Lipinski definition) is 4. The van der Waals surface area contributed by atoms with E-state index in [1.54, 1.807) is 6.92 Å². The highest BCUT2D eigenvalue weighted by atomic mass is 19.1. The minimum absolute atomic E-state index is 0.0311. The highest BCUT2D eigenvalue weighted by molar-refractivity contribution is 5.86. The minimum atomic E-state index is -0.640. The van der Waals surface area contributed by atoms with Crippen molar-refractivity contribution in [2.24, 2.45) is 0 Å². The maximum absolute atomic E-state index is 13.3. The van der Waals surface area contributed by atoms with E-state index in [-0.39, 0.29) is 17.3 Å². The first-order valence-corrected chi connectivity index (χ1v) is 4.89. The van der Waals surface area contributed by atoms with E-state index in [4.69, 9.17) is 9.47 Å². The van der Waals surface area contributed by atoms with Crippen LogP contribution in [-0.4, -0.2) is 20.2 Å². The zero-order chi connectivity index (χ0) is 12.8. The number of carbonyl (C=O) groups excluding carboxylic acids is 1. The highest BCUT2D eigenvalue weighted by Crippen LogP contribution is 2.31. The third kappa shape index (κ3) is 2.96. The highest BCUT2D eigenvalue weighted by Gasteiger charge is 2.16. The first-order chi connectivity index (χ1) is 8.13. The second kappa shape index (κ2) is 5.89. The van der Waals surface area contributed by atoms with Crippen molar-refractivity contribution in [2.75, 3.05) is 14.2 Å². The van der Waals surface area contributed by atoms with Gasteiger partial charge in [0, 0.05) is 0 Å². The van der Waals surface area contributed by atoms with Crippen LogP contribution in [0.15, 0.2) is 30.0 Å². The Hall–Kier alpha value is -2.04. The lowest BCUT2D eigenvalue weighted by atomic mass is 10.3. The summed E-state index contributed by atoms with van der Waals surface area (Å²) >= 11 is 0. The van der Waals surface area contributed by atoms with Gasteiger partial charge in [-0.15, -0.1) is 0 Å². The van der Waals surface area contributed by atoms with Gasteiger partial charge < -0.3 is 14.2 Å². The van der Waals surface area contributed by atoms with Crippen LogP contribution < -0.4 is 9.47 Å². The number of hydrogen-bond donors (Lipinski definition) is 0. The van der Waals surface area contributed by atoms with Gasteiger partial charge in [0.1, 0.15) is 0 Å². The van der Waals surface area contributed by atoms with Gasteiger partial charge in [-0.1, -0.05) is 6.07 Å². The van der Waals surface area contributed by atoms with Crippen LogP contribution in [0.2, 0.25) is 0 Å². The number of para-hydroxylation sites is 1. The first-order valence-electron chi connectivity index (χ1n) is 4.89. The molecule has 0 saturated heterocycles. The normalized spacial score (nSPS) is 10.9. The fourth-order valence-corrected chi connectivity index (χ4v) is 1.21. The number of esters is 1. The zero-order valence-corrected chi connectivity index (χ0v) is 9.82. The Morgan fingerprint density at radius 2 is 2.06 bits per heavy atom. The monoisotopic (exact) mass is 240 g/mol. The van der Waals surface area contributed by atoms with Crippen molar-refractivity contribution in [1.82, 2.24) is 0 Å². The van der Waals surface area contributed by atoms with Crippen LogP contribution in [0.1, 0.15) is 6.92 Å². The fourth-order valence-electron chi connectivity index (χ4n) is 1.21. The summed E-state index contributed by atoms with van der Waals surface area (Å²) < 4.78 is 28.0. The van der Waals surface area contributed by atoms with Gasteiger partial charge in [-0.25, -0.2) is 9.18 Å². The number of allylic oxidation sites excluding steroid dienone is 1. The van der Waals surface area contributed by atoms with Crippen molar-refractivity contribution in [1.29, 1.82) is 0 Å². The quantitative estimate of drug-likeness (QED) is 0.460. The maximum Gasteiger partial charge on any atom is 0.373 e. The molecule has 0 fully saturated rings. The molecular formula is C12H13FO4. The Morgan fingerprint density at radius 1 is 1.35 bits per heavy atom. The largest absolute Gasteiger partial charge is 0.490 e. The molecule has 1 aromatic rings. The molecule has 0 atom stereocenters. The Morgan fingerprint density at radius 3 is 2.59 bits per heavy atom. The molecule has 0 aliphatic carbocycles. The van der Waals surface area contributed by atoms with Gasteiger partial charge in [0.05, 0.1) is 14.2 Å². The summed E-state index contributed by atoms with van der Waals surface area (Å²) in [6, 6.07) is 4.19. The Balaban J connectivity index is 3.02. The Kier molecular flexibility index (Phi) is 4.51. The van der Waals surface area contributed by atoms with Gasteiger partial charge in [0.2, 0.25) is 5.76 Å². The molecule has 0 unspecified atom stereocenters. The molecule has 0 saturated carbocycles. The molecule has 0 radical (unpaired) electrons. The van der Waals surface area contributed by atoms with E-state index in [0.717, 1.165) is 0 Å². The summed E-state index contributed by atoms with van der Waals surface area (Å²) in [4.78, 5) is 11.3. The van der Waals surface area contributed by atoms with Crippen molar-refractivity contribution < 1.29 is 23.4 Å². The van der Waals surface area contributed by atoms with Crippen molar-refractivity contribution in [2.45, 2.75) is 6.92 Å². The van der Waals surface area contributed by atoms with Crippen molar-refractivity contribution in [3.05, 3.63) is 35.9 Å². The molecule has 0 N–H and O–H groups in total. The van der Waals surface area contributed by atoms with Crippen LogP contribution in [0.25, 0.3) is 0 Å². The van der Waals surface area contributed by atoms with Gasteiger partial charge in [0.25, 0.3) is 0 Å². The number of ether oxygens (including phenoxy) is 3. The third-order valence-corrected chi connectivity index (χ3v) is 2.00. The van der Waals surface area contributed by atoms with E-state index in [0.29, 0.717) is 0 Å². The molecular weight excluding hydrogens is 227 g/mol. The van der Waals surface area contributed by atoms with Crippen LogP contribution in [0.5, 0.6) is 11.5 Å². The zero-order valence-electron chi connectivity index (χ0n) is 9.82. The van der Waals surface area contributed by atoms with Gasteiger partial charge in [-0.05, 0) is 25.1 Å². The lowest BCUT2D eigenvalue weighted by molar-refractivity contribution is -0.138. The number of rotatable bonds is 4. The first kappa shape index (κ1) is 13.0. The summed E-state index contributed by atoms with van der Waals surface area (Å²) in [6.45, 7) is 1.61. The van der Waals surface area contributed by atoms with E-state index in [2.05, 4.69) is 4.74 Å². The smallest absolute Gasteiger partial charge is 0.373 e. The fraction of sp³-hybridized carbons (Fsp3) is 0.250. The SMILES string of the molecule is C/C=C(\Oc1cccc(F)c1OC)C(=O)OC. The number of benzene rings is 1. The minimum Gasteiger partial charge on any atom is -0.490 e. The molecule has 0 heterocycles. The molecule has 0 aliphatic heterocycles. The lowest BCUT2D eigenvalue weighted by Gasteiger charge is -2.11. The third-order valence-electron chi connectivity index (χ3n) is 2.00. The van der Waals surface area contributed by atoms with E-state index in [1.165, 1.54) is 38.5 Å². The molecule has 0 amide bonds. The van der Waals surface area contributed by atoms with Gasteiger partial charge >= 0.3 is 5.97 Å². The second-order valence-corrected chi connectivity index (χ2v) is 3.02. The van der Waals surface area contributed by atoms with Crippen LogP contribution in [0, 0.1) is 5.82 Å².